The second-order valence-electron chi connectivity index (χ2n) is 5.05. The third-order valence-corrected chi connectivity index (χ3v) is 3.87. The molecule has 0 aliphatic carbocycles. The average Bonchev–Trinajstić information content (AvgIpc) is 2.57. The first-order valence-corrected chi connectivity index (χ1v) is 8.05. The third kappa shape index (κ3) is 5.49. The van der Waals surface area contributed by atoms with E-state index < -0.39 is 29.6 Å². The van der Waals surface area contributed by atoms with Crippen LogP contribution in [0.3, 0.4) is 0 Å². The van der Waals surface area contributed by atoms with E-state index in [4.69, 9.17) is 4.74 Å². The molecule has 7 heteroatoms. The van der Waals surface area contributed by atoms with E-state index in [0.29, 0.717) is 0 Å². The second kappa shape index (κ2) is 8.53. The molecule has 0 unspecified atom stereocenters. The normalized spacial score (nSPS) is 12.0. The lowest BCUT2D eigenvalue weighted by Crippen LogP contribution is -2.29. The first-order valence-electron chi connectivity index (χ1n) is 7.26. The highest BCUT2D eigenvalue weighted by Crippen LogP contribution is 2.18. The van der Waals surface area contributed by atoms with Crippen molar-refractivity contribution >= 4 is 39.6 Å². The van der Waals surface area contributed by atoms with E-state index in [1.54, 1.807) is 12.1 Å². The molecule has 0 heterocycles. The van der Waals surface area contributed by atoms with Gasteiger partial charge in [0.05, 0.1) is 5.69 Å². The zero-order valence-corrected chi connectivity index (χ0v) is 14.7. The maximum Gasteiger partial charge on any atom is 0.331 e. The molecule has 0 fully saturated rings. The van der Waals surface area contributed by atoms with Gasteiger partial charge in [-0.3, -0.25) is 4.79 Å². The lowest BCUT2D eigenvalue weighted by Gasteiger charge is -2.13. The predicted octanol–water partition coefficient (Wildman–Crippen LogP) is 4.31. The van der Waals surface area contributed by atoms with Gasteiger partial charge in [-0.15, -0.1) is 0 Å². The van der Waals surface area contributed by atoms with Gasteiger partial charge < -0.3 is 10.1 Å². The van der Waals surface area contributed by atoms with E-state index in [0.717, 1.165) is 28.2 Å². The van der Waals surface area contributed by atoms with Gasteiger partial charge in [0.2, 0.25) is 0 Å². The van der Waals surface area contributed by atoms with E-state index in [-0.39, 0.29) is 5.69 Å². The number of amides is 1. The third-order valence-electron chi connectivity index (χ3n) is 3.15. The van der Waals surface area contributed by atoms with Gasteiger partial charge in [0.15, 0.2) is 6.10 Å². The highest BCUT2D eigenvalue weighted by Gasteiger charge is 2.18. The minimum Gasteiger partial charge on any atom is -0.449 e. The van der Waals surface area contributed by atoms with E-state index in [1.807, 2.05) is 12.1 Å². The highest BCUT2D eigenvalue weighted by atomic mass is 79.9. The van der Waals surface area contributed by atoms with Gasteiger partial charge in [0.25, 0.3) is 5.91 Å². The largest absolute Gasteiger partial charge is 0.449 e. The fourth-order valence-corrected chi connectivity index (χ4v) is 2.28. The Labute approximate surface area is 151 Å². The molecule has 0 spiro atoms. The van der Waals surface area contributed by atoms with E-state index in [9.17, 15) is 18.4 Å². The Bertz CT molecular complexity index is 824. The maximum absolute atomic E-state index is 13.5. The van der Waals surface area contributed by atoms with Gasteiger partial charge in [-0.1, -0.05) is 34.1 Å². The number of halogens is 3. The Balaban J connectivity index is 1.95. The van der Waals surface area contributed by atoms with E-state index in [1.165, 1.54) is 19.1 Å². The molecule has 130 valence electrons. The summed E-state index contributed by atoms with van der Waals surface area (Å²) in [6.07, 6.45) is 1.52. The zero-order valence-electron chi connectivity index (χ0n) is 13.1. The molecular weight excluding hydrogens is 396 g/mol. The Morgan fingerprint density at radius 1 is 1.20 bits per heavy atom. The van der Waals surface area contributed by atoms with Crippen molar-refractivity contribution in [2.24, 2.45) is 0 Å². The molecule has 0 saturated heterocycles. The SMILES string of the molecule is C[C@@H](OC(=O)/C=C/c1ccccc1Br)C(=O)Nc1cc(F)ccc1F. The minimum atomic E-state index is -1.18. The molecule has 1 atom stereocenters. The van der Waals surface area contributed by atoms with Crippen LogP contribution in [0.25, 0.3) is 6.08 Å². The topological polar surface area (TPSA) is 55.4 Å². The maximum atomic E-state index is 13.5. The number of esters is 1. The number of carbonyl (C=O) groups is 2. The molecular formula is C18H14BrF2NO3. The molecule has 2 aromatic carbocycles. The summed E-state index contributed by atoms with van der Waals surface area (Å²) < 4.78 is 32.3. The van der Waals surface area contributed by atoms with Crippen LogP contribution in [0, 0.1) is 11.6 Å². The molecule has 0 aromatic heterocycles. The number of benzene rings is 2. The molecule has 0 aliphatic rings. The Hall–Kier alpha value is -2.54. The van der Waals surface area contributed by atoms with Crippen molar-refractivity contribution in [1.29, 1.82) is 0 Å². The standard InChI is InChI=1S/C18H14BrF2NO3/c1-11(18(24)22-16-10-13(20)7-8-15(16)21)25-17(23)9-6-12-4-2-3-5-14(12)19/h2-11H,1H3,(H,22,24)/b9-6+/t11-/m1/s1. The number of nitrogens with one attached hydrogen (secondary N) is 1. The fourth-order valence-electron chi connectivity index (χ4n) is 1.86. The minimum absolute atomic E-state index is 0.323. The number of hydrogen-bond donors (Lipinski definition) is 1. The first kappa shape index (κ1) is 18.8. The number of carbonyl (C=O) groups excluding carboxylic acids is 2. The van der Waals surface area contributed by atoms with Crippen LogP contribution in [0.15, 0.2) is 53.0 Å². The van der Waals surface area contributed by atoms with Gasteiger partial charge in [-0.25, -0.2) is 13.6 Å². The van der Waals surface area contributed by atoms with Crippen molar-refractivity contribution in [3.63, 3.8) is 0 Å². The van der Waals surface area contributed by atoms with Gasteiger partial charge in [-0.2, -0.15) is 0 Å². The Kier molecular flexibility index (Phi) is 6.41. The molecule has 25 heavy (non-hydrogen) atoms. The van der Waals surface area contributed by atoms with Crippen LogP contribution in [0.1, 0.15) is 12.5 Å². The molecule has 0 aliphatic heterocycles. The number of hydrogen-bond acceptors (Lipinski definition) is 3. The highest BCUT2D eigenvalue weighted by molar-refractivity contribution is 9.10. The summed E-state index contributed by atoms with van der Waals surface area (Å²) in [4.78, 5) is 23.7. The molecule has 4 nitrogen and oxygen atoms in total. The molecule has 0 bridgehead atoms. The summed E-state index contributed by atoms with van der Waals surface area (Å²) in [7, 11) is 0. The van der Waals surface area contributed by atoms with Gasteiger partial charge in [-0.05, 0) is 36.8 Å². The second-order valence-corrected chi connectivity index (χ2v) is 5.90. The average molecular weight is 410 g/mol. The van der Waals surface area contributed by atoms with Crippen molar-refractivity contribution in [3.8, 4) is 0 Å². The number of anilines is 1. The summed E-state index contributed by atoms with van der Waals surface area (Å²) in [5.74, 6) is -3.00. The van der Waals surface area contributed by atoms with Crippen molar-refractivity contribution in [1.82, 2.24) is 0 Å². The summed E-state index contributed by atoms with van der Waals surface area (Å²) in [5.41, 5.74) is 0.440. The van der Waals surface area contributed by atoms with Gasteiger partial charge in [0, 0.05) is 16.6 Å². The van der Waals surface area contributed by atoms with Crippen LogP contribution in [0.2, 0.25) is 0 Å². The van der Waals surface area contributed by atoms with Crippen LogP contribution in [-0.4, -0.2) is 18.0 Å². The van der Waals surface area contributed by atoms with Crippen molar-refractivity contribution in [2.75, 3.05) is 5.32 Å². The summed E-state index contributed by atoms with van der Waals surface area (Å²) in [6.45, 7) is 1.33. The van der Waals surface area contributed by atoms with Crippen molar-refractivity contribution in [3.05, 3.63) is 70.2 Å². The fraction of sp³-hybridized carbons (Fsp3) is 0.111. The molecule has 1 amide bonds. The van der Waals surface area contributed by atoms with Crippen LogP contribution < -0.4 is 5.32 Å². The van der Waals surface area contributed by atoms with Crippen LogP contribution in [0.5, 0.6) is 0 Å². The van der Waals surface area contributed by atoms with Gasteiger partial charge >= 0.3 is 5.97 Å². The van der Waals surface area contributed by atoms with Crippen LogP contribution in [0.4, 0.5) is 14.5 Å². The number of rotatable bonds is 5. The summed E-state index contributed by atoms with van der Waals surface area (Å²) >= 11 is 3.34. The summed E-state index contributed by atoms with van der Waals surface area (Å²) in [5, 5.41) is 2.18. The van der Waals surface area contributed by atoms with Crippen LogP contribution in [-0.2, 0) is 14.3 Å². The summed E-state index contributed by atoms with van der Waals surface area (Å²) in [6, 6.07) is 9.90. The smallest absolute Gasteiger partial charge is 0.331 e. The lowest BCUT2D eigenvalue weighted by molar-refractivity contribution is -0.148. The quantitative estimate of drug-likeness (QED) is 0.591. The Morgan fingerprint density at radius 3 is 2.64 bits per heavy atom. The zero-order chi connectivity index (χ0) is 18.4. The first-order chi connectivity index (χ1) is 11.9. The lowest BCUT2D eigenvalue weighted by atomic mass is 10.2. The van der Waals surface area contributed by atoms with Crippen LogP contribution >= 0.6 is 15.9 Å². The van der Waals surface area contributed by atoms with Crippen molar-refractivity contribution < 1.29 is 23.1 Å². The number of ether oxygens (including phenoxy) is 1. The molecule has 0 saturated carbocycles. The predicted molar refractivity (Wildman–Crippen MR) is 93.7 cm³/mol. The van der Waals surface area contributed by atoms with E-state index >= 15 is 0 Å². The van der Waals surface area contributed by atoms with Gasteiger partial charge in [0.1, 0.15) is 11.6 Å². The van der Waals surface area contributed by atoms with E-state index in [2.05, 4.69) is 21.2 Å². The molecule has 2 rings (SSSR count). The Morgan fingerprint density at radius 2 is 1.92 bits per heavy atom. The molecule has 2 aromatic rings. The monoisotopic (exact) mass is 409 g/mol. The molecule has 1 N–H and O–H groups in total. The molecule has 0 radical (unpaired) electrons. The van der Waals surface area contributed by atoms with Crippen molar-refractivity contribution in [2.45, 2.75) is 13.0 Å².